The Bertz CT molecular complexity index is 728. The van der Waals surface area contributed by atoms with Crippen LogP contribution in [0, 0.1) is 25.2 Å². The van der Waals surface area contributed by atoms with Crippen LogP contribution >= 0.6 is 11.6 Å². The summed E-state index contributed by atoms with van der Waals surface area (Å²) in [7, 11) is 0. The van der Waals surface area contributed by atoms with Crippen molar-refractivity contribution < 1.29 is 0 Å². The fraction of sp³-hybridized carbons (Fsp3) is 0.214. The summed E-state index contributed by atoms with van der Waals surface area (Å²) in [6.45, 7) is 3.81. The molecular formula is C14H12ClN3O. The predicted octanol–water partition coefficient (Wildman–Crippen LogP) is 2.43. The maximum absolute atomic E-state index is 12.1. The zero-order chi connectivity index (χ0) is 14.0. The SMILES string of the molecule is Cc1nn(Cc2cccc(Cl)c2)c(=O)c(C#N)c1C. The lowest BCUT2D eigenvalue weighted by atomic mass is 10.1. The quantitative estimate of drug-likeness (QED) is 0.844. The molecule has 4 nitrogen and oxygen atoms in total. The van der Waals surface area contributed by atoms with E-state index < -0.39 is 0 Å². The molecule has 19 heavy (non-hydrogen) atoms. The second-order valence-corrected chi connectivity index (χ2v) is 4.73. The van der Waals surface area contributed by atoms with Crippen molar-refractivity contribution in [3.8, 4) is 6.07 Å². The molecule has 1 heterocycles. The lowest BCUT2D eigenvalue weighted by molar-refractivity contribution is 0.622. The number of aryl methyl sites for hydroxylation is 1. The maximum Gasteiger partial charge on any atom is 0.285 e. The number of hydrogen-bond donors (Lipinski definition) is 0. The molecule has 0 N–H and O–H groups in total. The topological polar surface area (TPSA) is 58.7 Å². The molecule has 5 heteroatoms. The van der Waals surface area contributed by atoms with Crippen molar-refractivity contribution >= 4 is 11.6 Å². The van der Waals surface area contributed by atoms with Gasteiger partial charge in [-0.1, -0.05) is 23.7 Å². The summed E-state index contributed by atoms with van der Waals surface area (Å²) in [4.78, 5) is 12.1. The first-order valence-corrected chi connectivity index (χ1v) is 6.13. The molecule has 0 saturated heterocycles. The number of rotatable bonds is 2. The molecule has 0 radical (unpaired) electrons. The Labute approximate surface area is 115 Å². The van der Waals surface area contributed by atoms with E-state index in [1.165, 1.54) is 4.68 Å². The van der Waals surface area contributed by atoms with Crippen LogP contribution in [-0.4, -0.2) is 9.78 Å². The predicted molar refractivity (Wildman–Crippen MR) is 73.2 cm³/mol. The lowest BCUT2D eigenvalue weighted by Crippen LogP contribution is -2.27. The van der Waals surface area contributed by atoms with Gasteiger partial charge in [0.15, 0.2) is 0 Å². The zero-order valence-corrected chi connectivity index (χ0v) is 11.4. The molecule has 0 aliphatic rings. The van der Waals surface area contributed by atoms with Crippen LogP contribution in [0.15, 0.2) is 29.1 Å². The van der Waals surface area contributed by atoms with Crippen molar-refractivity contribution in [2.24, 2.45) is 0 Å². The third-order valence-corrected chi connectivity index (χ3v) is 3.20. The molecule has 0 unspecified atom stereocenters. The van der Waals surface area contributed by atoms with Crippen LogP contribution in [0.4, 0.5) is 0 Å². The van der Waals surface area contributed by atoms with Gasteiger partial charge in [0.25, 0.3) is 5.56 Å². The highest BCUT2D eigenvalue weighted by Gasteiger charge is 2.11. The third kappa shape index (κ3) is 2.67. The first-order valence-electron chi connectivity index (χ1n) is 5.76. The minimum absolute atomic E-state index is 0.148. The van der Waals surface area contributed by atoms with Crippen LogP contribution in [-0.2, 0) is 6.54 Å². The molecular weight excluding hydrogens is 262 g/mol. The van der Waals surface area contributed by atoms with E-state index in [4.69, 9.17) is 16.9 Å². The molecule has 1 aromatic heterocycles. The molecule has 0 atom stereocenters. The van der Waals surface area contributed by atoms with Gasteiger partial charge in [0.1, 0.15) is 11.6 Å². The van der Waals surface area contributed by atoms with Gasteiger partial charge in [0.05, 0.1) is 12.2 Å². The molecule has 0 saturated carbocycles. The number of nitrogens with zero attached hydrogens (tertiary/aromatic N) is 3. The monoisotopic (exact) mass is 273 g/mol. The summed E-state index contributed by atoms with van der Waals surface area (Å²) in [5.41, 5.74) is 1.96. The van der Waals surface area contributed by atoms with Crippen LogP contribution in [0.1, 0.15) is 22.4 Å². The molecule has 1 aromatic carbocycles. The number of hydrogen-bond acceptors (Lipinski definition) is 3. The molecule has 2 aromatic rings. The van der Waals surface area contributed by atoms with E-state index in [0.717, 1.165) is 5.56 Å². The van der Waals surface area contributed by atoms with Gasteiger partial charge >= 0.3 is 0 Å². The molecule has 2 rings (SSSR count). The molecule has 0 amide bonds. The largest absolute Gasteiger partial charge is 0.285 e. The van der Waals surface area contributed by atoms with Crippen molar-refractivity contribution in [3.05, 3.63) is 62.0 Å². The van der Waals surface area contributed by atoms with E-state index in [1.807, 2.05) is 18.2 Å². The van der Waals surface area contributed by atoms with E-state index in [9.17, 15) is 4.79 Å². The Morgan fingerprint density at radius 1 is 1.42 bits per heavy atom. The minimum Gasteiger partial charge on any atom is -0.266 e. The Balaban J connectivity index is 2.50. The minimum atomic E-state index is -0.370. The molecule has 0 aliphatic heterocycles. The molecule has 0 fully saturated rings. The van der Waals surface area contributed by atoms with Gasteiger partial charge in [-0.2, -0.15) is 10.4 Å². The maximum atomic E-state index is 12.1. The summed E-state index contributed by atoms with van der Waals surface area (Å²) in [5, 5.41) is 13.9. The highest BCUT2D eigenvalue weighted by molar-refractivity contribution is 6.30. The van der Waals surface area contributed by atoms with Crippen molar-refractivity contribution in [1.82, 2.24) is 9.78 Å². The molecule has 0 bridgehead atoms. The fourth-order valence-electron chi connectivity index (χ4n) is 1.82. The number of halogens is 1. The highest BCUT2D eigenvalue weighted by Crippen LogP contribution is 2.12. The van der Waals surface area contributed by atoms with Crippen LogP contribution in [0.3, 0.4) is 0 Å². The fourth-order valence-corrected chi connectivity index (χ4v) is 2.03. The number of benzene rings is 1. The van der Waals surface area contributed by atoms with Gasteiger partial charge in [-0.05, 0) is 37.1 Å². The van der Waals surface area contributed by atoms with Gasteiger partial charge in [0, 0.05) is 5.02 Å². The third-order valence-electron chi connectivity index (χ3n) is 2.97. The van der Waals surface area contributed by atoms with Crippen molar-refractivity contribution in [2.75, 3.05) is 0 Å². The van der Waals surface area contributed by atoms with Gasteiger partial charge < -0.3 is 0 Å². The van der Waals surface area contributed by atoms with Crippen LogP contribution in [0.2, 0.25) is 5.02 Å². The Morgan fingerprint density at radius 3 is 2.79 bits per heavy atom. The smallest absolute Gasteiger partial charge is 0.266 e. The summed E-state index contributed by atoms with van der Waals surface area (Å²) in [6.07, 6.45) is 0. The van der Waals surface area contributed by atoms with Gasteiger partial charge in [-0.15, -0.1) is 0 Å². The van der Waals surface area contributed by atoms with Crippen LogP contribution < -0.4 is 5.56 Å². The first kappa shape index (κ1) is 13.3. The number of aromatic nitrogens is 2. The van der Waals surface area contributed by atoms with Gasteiger partial charge in [-0.3, -0.25) is 4.79 Å². The van der Waals surface area contributed by atoms with Crippen LogP contribution in [0.25, 0.3) is 0 Å². The van der Waals surface area contributed by atoms with E-state index in [0.29, 0.717) is 22.8 Å². The summed E-state index contributed by atoms with van der Waals surface area (Å²) in [6, 6.07) is 9.16. The number of nitriles is 1. The zero-order valence-electron chi connectivity index (χ0n) is 10.6. The van der Waals surface area contributed by atoms with E-state index in [2.05, 4.69) is 5.10 Å². The Kier molecular flexibility index (Phi) is 3.68. The summed E-state index contributed by atoms with van der Waals surface area (Å²) in [5.74, 6) is 0. The van der Waals surface area contributed by atoms with Crippen LogP contribution in [0.5, 0.6) is 0 Å². The molecule has 96 valence electrons. The van der Waals surface area contributed by atoms with E-state index in [1.54, 1.807) is 26.0 Å². The second kappa shape index (κ2) is 5.25. The van der Waals surface area contributed by atoms with Crippen molar-refractivity contribution in [3.63, 3.8) is 0 Å². The molecule has 0 aliphatic carbocycles. The standard InChI is InChI=1S/C14H12ClN3O/c1-9-10(2)17-18(14(19)13(9)7-16)8-11-4-3-5-12(15)6-11/h3-6H,8H2,1-2H3. The Hall–Kier alpha value is -2.12. The summed E-state index contributed by atoms with van der Waals surface area (Å²) < 4.78 is 1.30. The molecule has 0 spiro atoms. The first-order chi connectivity index (χ1) is 9.02. The van der Waals surface area contributed by atoms with Crippen molar-refractivity contribution in [1.29, 1.82) is 5.26 Å². The summed E-state index contributed by atoms with van der Waals surface area (Å²) >= 11 is 5.91. The lowest BCUT2D eigenvalue weighted by Gasteiger charge is -2.09. The second-order valence-electron chi connectivity index (χ2n) is 4.29. The van der Waals surface area contributed by atoms with Gasteiger partial charge in [0.2, 0.25) is 0 Å². The van der Waals surface area contributed by atoms with Crippen molar-refractivity contribution in [2.45, 2.75) is 20.4 Å². The average molecular weight is 274 g/mol. The average Bonchev–Trinajstić information content (AvgIpc) is 2.37. The van der Waals surface area contributed by atoms with E-state index in [-0.39, 0.29) is 11.1 Å². The van der Waals surface area contributed by atoms with E-state index >= 15 is 0 Å². The normalized spacial score (nSPS) is 10.2. The Morgan fingerprint density at radius 2 is 2.16 bits per heavy atom. The van der Waals surface area contributed by atoms with Gasteiger partial charge in [-0.25, -0.2) is 4.68 Å². The highest BCUT2D eigenvalue weighted by atomic mass is 35.5.